The maximum Gasteiger partial charge on any atom is 0.223 e. The number of fused-ring (bicyclic) bond motifs is 1. The van der Waals surface area contributed by atoms with Gasteiger partial charge in [0, 0.05) is 43.5 Å². The summed E-state index contributed by atoms with van der Waals surface area (Å²) in [5.74, 6) is 1.05. The van der Waals surface area contributed by atoms with Crippen molar-refractivity contribution in [2.45, 2.75) is 39.8 Å². The number of nitrogens with zero attached hydrogens (tertiary/aromatic N) is 4. The van der Waals surface area contributed by atoms with Crippen LogP contribution in [0.1, 0.15) is 29.3 Å². The van der Waals surface area contributed by atoms with E-state index in [2.05, 4.69) is 15.4 Å². The van der Waals surface area contributed by atoms with Gasteiger partial charge in [0.25, 0.3) is 0 Å². The van der Waals surface area contributed by atoms with Gasteiger partial charge in [-0.2, -0.15) is 5.10 Å². The predicted octanol–water partition coefficient (Wildman–Crippen LogP) is 1.11. The minimum Gasteiger partial charge on any atom is -0.349 e. The average Bonchev–Trinajstić information content (AvgIpc) is 3.04. The van der Waals surface area contributed by atoms with Crippen molar-refractivity contribution in [1.29, 1.82) is 0 Å². The number of carbonyl (C=O) groups is 1. The minimum atomic E-state index is 0.0386. The van der Waals surface area contributed by atoms with Gasteiger partial charge in [0.15, 0.2) is 0 Å². The molecular weight excluding hydrogens is 266 g/mol. The van der Waals surface area contributed by atoms with Crippen molar-refractivity contribution >= 4 is 5.91 Å². The number of imidazole rings is 1. The average molecular weight is 287 g/mol. The largest absolute Gasteiger partial charge is 0.349 e. The van der Waals surface area contributed by atoms with Crippen LogP contribution in [0.15, 0.2) is 12.3 Å². The third-order valence-corrected chi connectivity index (χ3v) is 4.45. The fraction of sp³-hybridized carbons (Fsp3) is 0.533. The van der Waals surface area contributed by atoms with Gasteiger partial charge in [-0.05, 0) is 26.3 Å². The summed E-state index contributed by atoms with van der Waals surface area (Å²) in [5.41, 5.74) is 3.30. The Morgan fingerprint density at radius 1 is 1.48 bits per heavy atom. The molecule has 112 valence electrons. The third kappa shape index (κ3) is 2.57. The number of carbonyl (C=O) groups excluding carboxylic acids is 1. The first-order valence-corrected chi connectivity index (χ1v) is 7.33. The molecule has 0 fully saturated rings. The van der Waals surface area contributed by atoms with Gasteiger partial charge < -0.3 is 9.88 Å². The SMILES string of the molecule is Cc1nc(CNC(=O)C2CCn3nccc3C2)n(C)c1C. The molecule has 0 bridgehead atoms. The number of aryl methyl sites for hydroxylation is 2. The molecule has 2 aromatic heterocycles. The Kier molecular flexibility index (Phi) is 3.53. The van der Waals surface area contributed by atoms with Crippen LogP contribution in [0.5, 0.6) is 0 Å². The van der Waals surface area contributed by atoms with Crippen molar-refractivity contribution in [1.82, 2.24) is 24.6 Å². The van der Waals surface area contributed by atoms with Crippen LogP contribution >= 0.6 is 0 Å². The number of hydrogen-bond acceptors (Lipinski definition) is 3. The molecule has 6 heteroatoms. The fourth-order valence-electron chi connectivity index (χ4n) is 2.85. The molecule has 21 heavy (non-hydrogen) atoms. The molecule has 1 amide bonds. The van der Waals surface area contributed by atoms with Crippen LogP contribution in [0.4, 0.5) is 0 Å². The van der Waals surface area contributed by atoms with Crippen LogP contribution in [-0.4, -0.2) is 25.2 Å². The van der Waals surface area contributed by atoms with E-state index in [1.54, 1.807) is 6.20 Å². The lowest BCUT2D eigenvalue weighted by molar-refractivity contribution is -0.125. The lowest BCUT2D eigenvalue weighted by atomic mass is 9.95. The van der Waals surface area contributed by atoms with Gasteiger partial charge in [-0.1, -0.05) is 0 Å². The van der Waals surface area contributed by atoms with Crippen LogP contribution in [0.25, 0.3) is 0 Å². The molecule has 1 unspecified atom stereocenters. The molecule has 1 aliphatic heterocycles. The number of rotatable bonds is 3. The van der Waals surface area contributed by atoms with E-state index in [4.69, 9.17) is 0 Å². The predicted molar refractivity (Wildman–Crippen MR) is 78.6 cm³/mol. The lowest BCUT2D eigenvalue weighted by Crippen LogP contribution is -2.35. The molecule has 0 radical (unpaired) electrons. The summed E-state index contributed by atoms with van der Waals surface area (Å²) >= 11 is 0. The van der Waals surface area contributed by atoms with Gasteiger partial charge in [-0.15, -0.1) is 0 Å². The molecule has 0 saturated heterocycles. The Hall–Kier alpha value is -2.11. The van der Waals surface area contributed by atoms with E-state index in [1.807, 2.05) is 36.2 Å². The Labute approximate surface area is 124 Å². The summed E-state index contributed by atoms with van der Waals surface area (Å²) in [6.07, 6.45) is 3.42. The van der Waals surface area contributed by atoms with Gasteiger partial charge in [0.2, 0.25) is 5.91 Å². The Morgan fingerprint density at radius 2 is 2.29 bits per heavy atom. The first kappa shape index (κ1) is 13.9. The summed E-state index contributed by atoms with van der Waals surface area (Å²) in [6, 6.07) is 1.99. The van der Waals surface area contributed by atoms with Crippen LogP contribution in [0.2, 0.25) is 0 Å². The van der Waals surface area contributed by atoms with Gasteiger partial charge in [0.05, 0.1) is 12.2 Å². The highest BCUT2D eigenvalue weighted by Gasteiger charge is 2.25. The zero-order valence-electron chi connectivity index (χ0n) is 12.8. The fourth-order valence-corrected chi connectivity index (χ4v) is 2.85. The van der Waals surface area contributed by atoms with Crippen LogP contribution in [-0.2, 0) is 31.4 Å². The standard InChI is InChI=1S/C15H21N5O/c1-10-11(2)19(3)14(18-10)9-16-15(21)12-5-7-20-13(8-12)4-6-17-20/h4,6,12H,5,7-9H2,1-3H3,(H,16,21). The maximum atomic E-state index is 12.3. The van der Waals surface area contributed by atoms with Gasteiger partial charge in [0.1, 0.15) is 5.82 Å². The van der Waals surface area contributed by atoms with E-state index in [0.29, 0.717) is 6.54 Å². The second-order valence-electron chi connectivity index (χ2n) is 5.71. The molecule has 6 nitrogen and oxygen atoms in total. The van der Waals surface area contributed by atoms with Crippen LogP contribution < -0.4 is 5.32 Å². The van der Waals surface area contributed by atoms with Crippen molar-refractivity contribution in [3.8, 4) is 0 Å². The van der Waals surface area contributed by atoms with Crippen molar-refractivity contribution in [3.63, 3.8) is 0 Å². The molecule has 1 aliphatic rings. The van der Waals surface area contributed by atoms with Crippen molar-refractivity contribution in [2.24, 2.45) is 13.0 Å². The van der Waals surface area contributed by atoms with E-state index < -0.39 is 0 Å². The van der Waals surface area contributed by atoms with Gasteiger partial charge in [-0.3, -0.25) is 9.48 Å². The van der Waals surface area contributed by atoms with Crippen LogP contribution in [0, 0.1) is 19.8 Å². The van der Waals surface area contributed by atoms with Crippen molar-refractivity contribution in [3.05, 3.63) is 35.2 Å². The van der Waals surface area contributed by atoms with E-state index in [0.717, 1.165) is 42.3 Å². The highest BCUT2D eigenvalue weighted by atomic mass is 16.1. The highest BCUT2D eigenvalue weighted by Crippen LogP contribution is 2.19. The molecule has 0 saturated carbocycles. The van der Waals surface area contributed by atoms with E-state index in [1.165, 1.54) is 0 Å². The molecular formula is C15H21N5O. The molecule has 1 atom stereocenters. The third-order valence-electron chi connectivity index (χ3n) is 4.45. The Balaban J connectivity index is 1.61. The van der Waals surface area contributed by atoms with Crippen molar-refractivity contribution in [2.75, 3.05) is 0 Å². The highest BCUT2D eigenvalue weighted by molar-refractivity contribution is 5.78. The molecule has 3 heterocycles. The quantitative estimate of drug-likeness (QED) is 0.920. The zero-order chi connectivity index (χ0) is 15.0. The van der Waals surface area contributed by atoms with Crippen LogP contribution in [0.3, 0.4) is 0 Å². The number of aromatic nitrogens is 4. The molecule has 0 aliphatic carbocycles. The summed E-state index contributed by atoms with van der Waals surface area (Å²) in [6.45, 7) is 5.33. The second-order valence-corrected chi connectivity index (χ2v) is 5.71. The Morgan fingerprint density at radius 3 is 3.00 bits per heavy atom. The molecule has 1 N–H and O–H groups in total. The molecule has 0 aromatic carbocycles. The lowest BCUT2D eigenvalue weighted by Gasteiger charge is -2.22. The van der Waals surface area contributed by atoms with Gasteiger partial charge in [-0.25, -0.2) is 4.98 Å². The van der Waals surface area contributed by atoms with Crippen molar-refractivity contribution < 1.29 is 4.79 Å². The summed E-state index contributed by atoms with van der Waals surface area (Å²) < 4.78 is 4.01. The monoisotopic (exact) mass is 287 g/mol. The summed E-state index contributed by atoms with van der Waals surface area (Å²) in [4.78, 5) is 16.8. The zero-order valence-corrected chi connectivity index (χ0v) is 12.8. The summed E-state index contributed by atoms with van der Waals surface area (Å²) in [7, 11) is 1.98. The number of amides is 1. The summed E-state index contributed by atoms with van der Waals surface area (Å²) in [5, 5.41) is 7.26. The molecule has 2 aromatic rings. The molecule has 3 rings (SSSR count). The first-order valence-electron chi connectivity index (χ1n) is 7.33. The second kappa shape index (κ2) is 5.35. The minimum absolute atomic E-state index is 0.0386. The molecule has 0 spiro atoms. The maximum absolute atomic E-state index is 12.3. The van der Waals surface area contributed by atoms with Gasteiger partial charge >= 0.3 is 0 Å². The topological polar surface area (TPSA) is 64.7 Å². The Bertz CT molecular complexity index is 670. The number of hydrogen-bond donors (Lipinski definition) is 1. The number of nitrogens with one attached hydrogen (secondary N) is 1. The normalized spacial score (nSPS) is 17.6. The first-order chi connectivity index (χ1) is 10.1. The smallest absolute Gasteiger partial charge is 0.223 e. The van der Waals surface area contributed by atoms with E-state index in [9.17, 15) is 4.79 Å². The van der Waals surface area contributed by atoms with E-state index in [-0.39, 0.29) is 11.8 Å². The van der Waals surface area contributed by atoms with E-state index >= 15 is 0 Å².